The highest BCUT2D eigenvalue weighted by Gasteiger charge is 2.22. The van der Waals surface area contributed by atoms with Gasteiger partial charge in [0.15, 0.2) is 0 Å². The third kappa shape index (κ3) is 9.08. The summed E-state index contributed by atoms with van der Waals surface area (Å²) in [6, 6.07) is 0.306. The van der Waals surface area contributed by atoms with E-state index in [4.69, 9.17) is 4.74 Å². The van der Waals surface area contributed by atoms with E-state index < -0.39 is 15.6 Å². The van der Waals surface area contributed by atoms with Gasteiger partial charge in [0.05, 0.1) is 6.26 Å². The molecule has 0 fully saturated rings. The normalized spacial score (nSPS) is 15.1. The summed E-state index contributed by atoms with van der Waals surface area (Å²) in [5, 5.41) is 3.27. The van der Waals surface area contributed by atoms with Crippen molar-refractivity contribution in [3.63, 3.8) is 0 Å². The molecule has 98 valence electrons. The number of hydrogen-bond donors (Lipinski definition) is 2. The van der Waals surface area contributed by atoms with Gasteiger partial charge < -0.3 is 10.1 Å². The van der Waals surface area contributed by atoms with Gasteiger partial charge >= 0.3 is 0 Å². The molecule has 0 radical (unpaired) electrons. The topological polar surface area (TPSA) is 67.4 Å². The number of nitrogens with one attached hydrogen (secondary N) is 2. The van der Waals surface area contributed by atoms with Crippen LogP contribution in [0.1, 0.15) is 27.2 Å². The maximum atomic E-state index is 11.1. The van der Waals surface area contributed by atoms with Gasteiger partial charge in [-0.05, 0) is 27.2 Å². The molecule has 0 bridgehead atoms. The summed E-state index contributed by atoms with van der Waals surface area (Å²) >= 11 is 0. The summed E-state index contributed by atoms with van der Waals surface area (Å²) < 4.78 is 29.8. The molecule has 0 rings (SSSR count). The van der Waals surface area contributed by atoms with Crippen molar-refractivity contribution >= 4 is 10.0 Å². The van der Waals surface area contributed by atoms with Crippen LogP contribution in [0.25, 0.3) is 0 Å². The van der Waals surface area contributed by atoms with E-state index in [-0.39, 0.29) is 0 Å². The summed E-state index contributed by atoms with van der Waals surface area (Å²) in [5.41, 5.74) is -0.477. The largest absolute Gasteiger partial charge is 0.385 e. The van der Waals surface area contributed by atoms with Gasteiger partial charge in [0.1, 0.15) is 0 Å². The van der Waals surface area contributed by atoms with E-state index in [2.05, 4.69) is 17.0 Å². The Balaban J connectivity index is 3.98. The lowest BCUT2D eigenvalue weighted by molar-refractivity contribution is 0.183. The van der Waals surface area contributed by atoms with Crippen LogP contribution in [0.15, 0.2) is 0 Å². The van der Waals surface area contributed by atoms with Crippen molar-refractivity contribution in [2.24, 2.45) is 0 Å². The van der Waals surface area contributed by atoms with Gasteiger partial charge in [0.25, 0.3) is 0 Å². The number of hydrogen-bond acceptors (Lipinski definition) is 4. The van der Waals surface area contributed by atoms with Crippen LogP contribution in [0.4, 0.5) is 0 Å². The Morgan fingerprint density at radius 1 is 1.38 bits per heavy atom. The molecular weight excluding hydrogens is 228 g/mol. The Morgan fingerprint density at radius 2 is 1.94 bits per heavy atom. The van der Waals surface area contributed by atoms with E-state index in [0.29, 0.717) is 19.2 Å². The Bertz CT molecular complexity index is 288. The summed E-state index contributed by atoms with van der Waals surface area (Å²) in [7, 11) is -1.49. The smallest absolute Gasteiger partial charge is 0.209 e. The lowest BCUT2D eigenvalue weighted by Gasteiger charge is -2.27. The minimum absolute atomic E-state index is 0.306. The Kier molecular flexibility index (Phi) is 6.47. The van der Waals surface area contributed by atoms with Crippen molar-refractivity contribution in [2.75, 3.05) is 26.5 Å². The highest BCUT2D eigenvalue weighted by molar-refractivity contribution is 7.88. The molecule has 0 heterocycles. The highest BCUT2D eigenvalue weighted by Crippen LogP contribution is 2.03. The Labute approximate surface area is 99.0 Å². The zero-order valence-corrected chi connectivity index (χ0v) is 11.6. The second kappa shape index (κ2) is 6.54. The molecule has 0 aliphatic heterocycles. The first kappa shape index (κ1) is 15.8. The number of rotatable bonds is 8. The quantitative estimate of drug-likeness (QED) is 0.653. The van der Waals surface area contributed by atoms with Crippen molar-refractivity contribution < 1.29 is 13.2 Å². The Morgan fingerprint density at radius 3 is 2.38 bits per heavy atom. The fourth-order valence-electron chi connectivity index (χ4n) is 1.36. The average molecular weight is 252 g/mol. The van der Waals surface area contributed by atoms with Gasteiger partial charge in [0, 0.05) is 31.8 Å². The van der Waals surface area contributed by atoms with Crippen molar-refractivity contribution in [3.8, 4) is 0 Å². The van der Waals surface area contributed by atoms with Crippen molar-refractivity contribution in [1.29, 1.82) is 0 Å². The Hall–Kier alpha value is -0.170. The van der Waals surface area contributed by atoms with E-state index in [9.17, 15) is 8.42 Å². The molecule has 5 nitrogen and oxygen atoms in total. The van der Waals surface area contributed by atoms with E-state index in [1.165, 1.54) is 6.26 Å². The van der Waals surface area contributed by atoms with Gasteiger partial charge in [-0.2, -0.15) is 0 Å². The van der Waals surface area contributed by atoms with Crippen LogP contribution in [0, 0.1) is 0 Å². The molecule has 6 heteroatoms. The summed E-state index contributed by atoms with van der Waals surface area (Å²) in [4.78, 5) is 0. The molecule has 0 spiro atoms. The van der Waals surface area contributed by atoms with Crippen molar-refractivity contribution in [3.05, 3.63) is 0 Å². The van der Waals surface area contributed by atoms with Crippen LogP contribution in [-0.4, -0.2) is 46.5 Å². The molecule has 1 unspecified atom stereocenters. The van der Waals surface area contributed by atoms with E-state index in [0.717, 1.165) is 6.42 Å². The van der Waals surface area contributed by atoms with Gasteiger partial charge in [0.2, 0.25) is 10.0 Å². The first-order valence-electron chi connectivity index (χ1n) is 5.37. The molecule has 1 atom stereocenters. The molecule has 2 N–H and O–H groups in total. The summed E-state index contributed by atoms with van der Waals surface area (Å²) in [6.45, 7) is 7.04. The van der Waals surface area contributed by atoms with Crippen LogP contribution >= 0.6 is 0 Å². The number of sulfonamides is 1. The lowest BCUT2D eigenvalue weighted by Crippen LogP contribution is -2.51. The molecule has 0 aliphatic rings. The molecule has 0 saturated carbocycles. The van der Waals surface area contributed by atoms with E-state index >= 15 is 0 Å². The second-order valence-electron chi connectivity index (χ2n) is 4.82. The molecule has 0 aliphatic carbocycles. The molecule has 0 saturated heterocycles. The zero-order chi connectivity index (χ0) is 12.8. The van der Waals surface area contributed by atoms with E-state index in [1.54, 1.807) is 7.11 Å². The minimum Gasteiger partial charge on any atom is -0.385 e. The van der Waals surface area contributed by atoms with Crippen LogP contribution in [0.3, 0.4) is 0 Å². The molecule has 0 amide bonds. The van der Waals surface area contributed by atoms with Gasteiger partial charge in [-0.3, -0.25) is 0 Å². The zero-order valence-electron chi connectivity index (χ0n) is 10.8. The molecule has 0 aromatic rings. The molecule has 0 aromatic carbocycles. The lowest BCUT2D eigenvalue weighted by atomic mass is 10.1. The SMILES string of the molecule is COCCC(C)NCC(C)(C)NS(C)(=O)=O. The van der Waals surface area contributed by atoms with Gasteiger partial charge in [-0.15, -0.1) is 0 Å². The van der Waals surface area contributed by atoms with Crippen molar-refractivity contribution in [2.45, 2.75) is 38.8 Å². The maximum absolute atomic E-state index is 11.1. The fourth-order valence-corrected chi connectivity index (χ4v) is 2.44. The third-order valence-corrected chi connectivity index (χ3v) is 3.03. The monoisotopic (exact) mass is 252 g/mol. The highest BCUT2D eigenvalue weighted by atomic mass is 32.2. The van der Waals surface area contributed by atoms with Crippen LogP contribution in [0.5, 0.6) is 0 Å². The van der Waals surface area contributed by atoms with Crippen LogP contribution in [-0.2, 0) is 14.8 Å². The van der Waals surface area contributed by atoms with Gasteiger partial charge in [-0.1, -0.05) is 0 Å². The number of methoxy groups -OCH3 is 1. The molecular formula is C10H24N2O3S. The molecule has 16 heavy (non-hydrogen) atoms. The average Bonchev–Trinajstić information content (AvgIpc) is 2.07. The fraction of sp³-hybridized carbons (Fsp3) is 1.00. The maximum Gasteiger partial charge on any atom is 0.209 e. The third-order valence-electron chi connectivity index (χ3n) is 2.11. The van der Waals surface area contributed by atoms with Crippen LogP contribution in [0.2, 0.25) is 0 Å². The molecule has 0 aromatic heterocycles. The number of ether oxygens (including phenoxy) is 1. The summed E-state index contributed by atoms with van der Waals surface area (Å²) in [5.74, 6) is 0. The minimum atomic E-state index is -3.16. The predicted molar refractivity (Wildman–Crippen MR) is 66.0 cm³/mol. The van der Waals surface area contributed by atoms with E-state index in [1.807, 2.05) is 13.8 Å². The summed E-state index contributed by atoms with van der Waals surface area (Å²) in [6.07, 6.45) is 2.08. The predicted octanol–water partition coefficient (Wildman–Crippen LogP) is 0.329. The van der Waals surface area contributed by atoms with Crippen LogP contribution < -0.4 is 10.0 Å². The van der Waals surface area contributed by atoms with Crippen molar-refractivity contribution in [1.82, 2.24) is 10.0 Å². The van der Waals surface area contributed by atoms with Gasteiger partial charge in [-0.25, -0.2) is 13.1 Å². The first-order chi connectivity index (χ1) is 7.16. The standard InChI is InChI=1S/C10H24N2O3S/c1-9(6-7-15-4)11-8-10(2,3)12-16(5,13)14/h9,11-12H,6-8H2,1-5H3. The first-order valence-corrected chi connectivity index (χ1v) is 7.27. The second-order valence-corrected chi connectivity index (χ2v) is 6.57.